The lowest BCUT2D eigenvalue weighted by atomic mass is 10.1. The SMILES string of the molecule is O=C(CN1CCc2ccccc21)Nc1ccccc1C(=O)NCc1ccccc1. The van der Waals surface area contributed by atoms with Crippen molar-refractivity contribution in [2.45, 2.75) is 13.0 Å². The number of hydrogen-bond acceptors (Lipinski definition) is 3. The fraction of sp³-hybridized carbons (Fsp3) is 0.167. The smallest absolute Gasteiger partial charge is 0.253 e. The van der Waals surface area contributed by atoms with Crippen LogP contribution in [0.4, 0.5) is 11.4 Å². The Morgan fingerprint density at radius 3 is 2.45 bits per heavy atom. The summed E-state index contributed by atoms with van der Waals surface area (Å²) in [7, 11) is 0. The molecule has 0 fully saturated rings. The summed E-state index contributed by atoms with van der Waals surface area (Å²) in [5.74, 6) is -0.346. The standard InChI is InChI=1S/C24H23N3O2/c28-23(17-27-15-14-19-10-4-7-13-22(19)27)26-21-12-6-5-11-20(21)24(29)25-16-18-8-2-1-3-9-18/h1-13H,14-17H2,(H,25,29)(H,26,28). The van der Waals surface area contributed by atoms with E-state index in [2.05, 4.69) is 21.6 Å². The van der Waals surface area contributed by atoms with Crippen molar-refractivity contribution in [1.29, 1.82) is 0 Å². The van der Waals surface area contributed by atoms with Crippen LogP contribution in [0, 0.1) is 0 Å². The maximum atomic E-state index is 12.7. The minimum atomic E-state index is -0.212. The molecule has 146 valence electrons. The van der Waals surface area contributed by atoms with Gasteiger partial charge in [0.2, 0.25) is 5.91 Å². The lowest BCUT2D eigenvalue weighted by Gasteiger charge is -2.19. The number of nitrogens with one attached hydrogen (secondary N) is 2. The molecule has 5 heteroatoms. The minimum Gasteiger partial charge on any atom is -0.362 e. The van der Waals surface area contributed by atoms with Crippen LogP contribution in [0.5, 0.6) is 0 Å². The van der Waals surface area contributed by atoms with Crippen molar-refractivity contribution in [3.05, 3.63) is 95.6 Å². The van der Waals surface area contributed by atoms with Crippen LogP contribution in [0.3, 0.4) is 0 Å². The molecule has 5 nitrogen and oxygen atoms in total. The van der Waals surface area contributed by atoms with E-state index in [1.54, 1.807) is 18.2 Å². The van der Waals surface area contributed by atoms with Crippen LogP contribution in [0.1, 0.15) is 21.5 Å². The van der Waals surface area contributed by atoms with Gasteiger partial charge in [-0.25, -0.2) is 0 Å². The number of rotatable bonds is 6. The van der Waals surface area contributed by atoms with Crippen molar-refractivity contribution in [1.82, 2.24) is 5.32 Å². The van der Waals surface area contributed by atoms with Gasteiger partial charge in [-0.15, -0.1) is 0 Å². The number of hydrogen-bond donors (Lipinski definition) is 2. The van der Waals surface area contributed by atoms with Crippen molar-refractivity contribution >= 4 is 23.2 Å². The molecule has 4 rings (SSSR count). The summed E-state index contributed by atoms with van der Waals surface area (Å²) >= 11 is 0. The molecule has 0 unspecified atom stereocenters. The average Bonchev–Trinajstić information content (AvgIpc) is 3.16. The van der Waals surface area contributed by atoms with Gasteiger partial charge in [0.1, 0.15) is 0 Å². The van der Waals surface area contributed by atoms with Crippen molar-refractivity contribution in [3.8, 4) is 0 Å². The molecule has 0 aliphatic carbocycles. The Bertz CT molecular complexity index is 1020. The van der Waals surface area contributed by atoms with Gasteiger partial charge in [-0.05, 0) is 35.7 Å². The van der Waals surface area contributed by atoms with Gasteiger partial charge in [-0.2, -0.15) is 0 Å². The van der Waals surface area contributed by atoms with Crippen molar-refractivity contribution in [3.63, 3.8) is 0 Å². The summed E-state index contributed by atoms with van der Waals surface area (Å²) < 4.78 is 0. The van der Waals surface area contributed by atoms with E-state index in [4.69, 9.17) is 0 Å². The van der Waals surface area contributed by atoms with E-state index in [9.17, 15) is 9.59 Å². The summed E-state index contributed by atoms with van der Waals surface area (Å²) in [6.07, 6.45) is 0.946. The normalized spacial score (nSPS) is 12.3. The van der Waals surface area contributed by atoms with Gasteiger partial charge in [-0.1, -0.05) is 60.7 Å². The van der Waals surface area contributed by atoms with E-state index < -0.39 is 0 Å². The number of fused-ring (bicyclic) bond motifs is 1. The van der Waals surface area contributed by atoms with Gasteiger partial charge in [0.25, 0.3) is 5.91 Å². The molecular weight excluding hydrogens is 362 g/mol. The minimum absolute atomic E-state index is 0.134. The van der Waals surface area contributed by atoms with E-state index in [0.29, 0.717) is 17.8 Å². The van der Waals surface area contributed by atoms with Crippen LogP contribution in [-0.4, -0.2) is 24.9 Å². The highest BCUT2D eigenvalue weighted by Crippen LogP contribution is 2.27. The first kappa shape index (κ1) is 18.7. The molecule has 2 amide bonds. The van der Waals surface area contributed by atoms with Crippen LogP contribution < -0.4 is 15.5 Å². The molecule has 0 saturated carbocycles. The zero-order valence-corrected chi connectivity index (χ0v) is 16.1. The number of carbonyl (C=O) groups excluding carboxylic acids is 2. The van der Waals surface area contributed by atoms with E-state index in [-0.39, 0.29) is 18.4 Å². The number of para-hydroxylation sites is 2. The summed E-state index contributed by atoms with van der Waals surface area (Å²) in [4.78, 5) is 27.4. The maximum Gasteiger partial charge on any atom is 0.253 e. The number of anilines is 2. The van der Waals surface area contributed by atoms with Crippen LogP contribution in [0.15, 0.2) is 78.9 Å². The molecule has 0 spiro atoms. The second kappa shape index (κ2) is 8.61. The Balaban J connectivity index is 1.40. The Labute approximate surface area is 170 Å². The number of amides is 2. The molecule has 0 atom stereocenters. The third kappa shape index (κ3) is 4.46. The molecule has 1 aliphatic rings. The fourth-order valence-corrected chi connectivity index (χ4v) is 3.60. The Morgan fingerprint density at radius 1 is 0.862 bits per heavy atom. The van der Waals surface area contributed by atoms with Gasteiger partial charge < -0.3 is 15.5 Å². The fourth-order valence-electron chi connectivity index (χ4n) is 3.60. The monoisotopic (exact) mass is 385 g/mol. The van der Waals surface area contributed by atoms with Crippen LogP contribution in [0.2, 0.25) is 0 Å². The second-order valence-corrected chi connectivity index (χ2v) is 7.06. The quantitative estimate of drug-likeness (QED) is 0.681. The van der Waals surface area contributed by atoms with Gasteiger partial charge in [0.15, 0.2) is 0 Å². The molecule has 1 heterocycles. The van der Waals surface area contributed by atoms with Crippen molar-refractivity contribution in [2.75, 3.05) is 23.3 Å². The third-order valence-electron chi connectivity index (χ3n) is 5.06. The van der Waals surface area contributed by atoms with Crippen LogP contribution in [-0.2, 0) is 17.8 Å². The summed E-state index contributed by atoms with van der Waals surface area (Å²) in [5, 5.41) is 5.82. The van der Waals surface area contributed by atoms with E-state index >= 15 is 0 Å². The zero-order valence-electron chi connectivity index (χ0n) is 16.1. The first-order valence-electron chi connectivity index (χ1n) is 9.74. The average molecular weight is 385 g/mol. The third-order valence-corrected chi connectivity index (χ3v) is 5.06. The number of carbonyl (C=O) groups is 2. The Morgan fingerprint density at radius 2 is 1.59 bits per heavy atom. The number of nitrogens with zero attached hydrogens (tertiary/aromatic N) is 1. The lowest BCUT2D eigenvalue weighted by molar-refractivity contribution is -0.115. The molecular formula is C24H23N3O2. The molecule has 3 aromatic rings. The molecule has 29 heavy (non-hydrogen) atoms. The molecule has 2 N–H and O–H groups in total. The molecule has 3 aromatic carbocycles. The molecule has 0 aromatic heterocycles. The topological polar surface area (TPSA) is 61.4 Å². The summed E-state index contributed by atoms with van der Waals surface area (Å²) in [5.41, 5.74) is 4.38. The first-order chi connectivity index (χ1) is 14.2. The molecule has 1 aliphatic heterocycles. The van der Waals surface area contributed by atoms with E-state index in [1.807, 2.05) is 54.6 Å². The summed E-state index contributed by atoms with van der Waals surface area (Å²) in [6, 6.07) is 25.0. The highest BCUT2D eigenvalue weighted by Gasteiger charge is 2.21. The Hall–Kier alpha value is -3.60. The summed E-state index contributed by atoms with van der Waals surface area (Å²) in [6.45, 7) is 1.52. The zero-order chi connectivity index (χ0) is 20.1. The van der Waals surface area contributed by atoms with Crippen LogP contribution in [0.25, 0.3) is 0 Å². The highest BCUT2D eigenvalue weighted by atomic mass is 16.2. The second-order valence-electron chi connectivity index (χ2n) is 7.06. The maximum absolute atomic E-state index is 12.7. The van der Waals surface area contributed by atoms with Crippen molar-refractivity contribution in [2.24, 2.45) is 0 Å². The predicted molar refractivity (Wildman–Crippen MR) is 115 cm³/mol. The van der Waals surface area contributed by atoms with Gasteiger partial charge >= 0.3 is 0 Å². The lowest BCUT2D eigenvalue weighted by Crippen LogP contribution is -2.32. The van der Waals surface area contributed by atoms with Gasteiger partial charge in [0.05, 0.1) is 17.8 Å². The molecule has 0 bridgehead atoms. The predicted octanol–water partition coefficient (Wildman–Crippen LogP) is 3.62. The molecule has 0 radical (unpaired) electrons. The van der Waals surface area contributed by atoms with Gasteiger partial charge in [-0.3, -0.25) is 9.59 Å². The highest BCUT2D eigenvalue weighted by molar-refractivity contribution is 6.04. The number of benzene rings is 3. The molecule has 0 saturated heterocycles. The largest absolute Gasteiger partial charge is 0.362 e. The first-order valence-corrected chi connectivity index (χ1v) is 9.74. The van der Waals surface area contributed by atoms with E-state index in [0.717, 1.165) is 24.2 Å². The van der Waals surface area contributed by atoms with Gasteiger partial charge in [0, 0.05) is 18.8 Å². The van der Waals surface area contributed by atoms with Crippen molar-refractivity contribution < 1.29 is 9.59 Å². The van der Waals surface area contributed by atoms with E-state index in [1.165, 1.54) is 5.56 Å². The van der Waals surface area contributed by atoms with Crippen LogP contribution >= 0.6 is 0 Å². The Kier molecular flexibility index (Phi) is 5.56.